The Labute approximate surface area is 103 Å². The molecule has 0 N–H and O–H groups in total. The first-order valence-electron chi connectivity index (χ1n) is 5.19. The van der Waals surface area contributed by atoms with Crippen LogP contribution in [0.15, 0.2) is 12.2 Å². The molecule has 0 fully saturated rings. The molecular weight excluding hydrogens is 291 g/mol. The van der Waals surface area contributed by atoms with Crippen molar-refractivity contribution in [3.8, 4) is 0 Å². The number of hydrogen-bond acceptors (Lipinski definition) is 0. The van der Waals surface area contributed by atoms with Gasteiger partial charge in [0.1, 0.15) is 0 Å². The van der Waals surface area contributed by atoms with Crippen molar-refractivity contribution in [1.29, 1.82) is 0 Å². The molecule has 0 aromatic rings. The molecule has 0 bridgehead atoms. The lowest BCUT2D eigenvalue weighted by Gasteiger charge is -2.32. The highest BCUT2D eigenvalue weighted by Crippen LogP contribution is 2.53. The molecule has 0 unspecified atom stereocenters. The smallest absolute Gasteiger partial charge is 0.195 e. The fourth-order valence-electron chi connectivity index (χ4n) is 1.05. The normalized spacial score (nSPS) is 15.3. The van der Waals surface area contributed by atoms with Gasteiger partial charge in [0.05, 0.1) is 0 Å². The summed E-state index contributed by atoms with van der Waals surface area (Å²) in [7, 11) is 0. The minimum Gasteiger partial charge on any atom is -0.195 e. The summed E-state index contributed by atoms with van der Waals surface area (Å²) >= 11 is 0. The maximum Gasteiger partial charge on any atom is 0.460 e. The molecule has 0 atom stereocenters. The van der Waals surface area contributed by atoms with E-state index in [1.807, 2.05) is 0 Å². The van der Waals surface area contributed by atoms with E-state index in [1.165, 1.54) is 0 Å². The van der Waals surface area contributed by atoms with Gasteiger partial charge in [-0.1, -0.05) is 25.8 Å². The second-order valence-corrected chi connectivity index (χ2v) is 3.81. The first-order valence-corrected chi connectivity index (χ1v) is 5.19. The topological polar surface area (TPSA) is 0 Å². The van der Waals surface area contributed by atoms with E-state index in [9.17, 15) is 39.5 Å². The highest BCUT2D eigenvalue weighted by Gasteiger charge is 2.81. The van der Waals surface area contributed by atoms with E-state index < -0.39 is 30.0 Å². The van der Waals surface area contributed by atoms with E-state index in [4.69, 9.17) is 0 Å². The Hall–Kier alpha value is -0.890. The van der Waals surface area contributed by atoms with Crippen molar-refractivity contribution >= 4 is 0 Å². The van der Waals surface area contributed by atoms with Crippen molar-refractivity contribution in [2.24, 2.45) is 0 Å². The molecule has 0 aromatic heterocycles. The molecule has 114 valence electrons. The summed E-state index contributed by atoms with van der Waals surface area (Å²) in [5, 5.41) is 0. The molecular formula is C10H11F9. The Balaban J connectivity index is 5.22. The lowest BCUT2D eigenvalue weighted by Crippen LogP contribution is -2.60. The zero-order valence-corrected chi connectivity index (χ0v) is 9.68. The molecule has 0 nitrogen and oxygen atoms in total. The van der Waals surface area contributed by atoms with Gasteiger partial charge in [0.25, 0.3) is 0 Å². The Bertz CT molecular complexity index is 313. The van der Waals surface area contributed by atoms with Crippen LogP contribution in [0.5, 0.6) is 0 Å². The Morgan fingerprint density at radius 2 is 1.26 bits per heavy atom. The highest BCUT2D eigenvalue weighted by atomic mass is 19.4. The molecule has 0 saturated heterocycles. The average molecular weight is 302 g/mol. The molecule has 0 aliphatic rings. The molecule has 0 saturated carbocycles. The van der Waals surface area contributed by atoms with E-state index in [-0.39, 0.29) is 6.42 Å². The van der Waals surface area contributed by atoms with Crippen LogP contribution < -0.4 is 0 Å². The number of rotatable bonds is 6. The summed E-state index contributed by atoms with van der Waals surface area (Å²) in [5.41, 5.74) is 0. The van der Waals surface area contributed by atoms with Gasteiger partial charge in [-0.25, -0.2) is 0 Å². The number of unbranched alkanes of at least 4 members (excludes halogenated alkanes) is 2. The molecule has 9 heteroatoms. The van der Waals surface area contributed by atoms with E-state index >= 15 is 0 Å². The van der Waals surface area contributed by atoms with Crippen molar-refractivity contribution in [2.75, 3.05) is 0 Å². The molecule has 0 rings (SSSR count). The van der Waals surface area contributed by atoms with Gasteiger partial charge >= 0.3 is 23.9 Å². The Kier molecular flexibility index (Phi) is 5.36. The molecule has 19 heavy (non-hydrogen) atoms. The van der Waals surface area contributed by atoms with E-state index in [0.717, 1.165) is 0 Å². The Morgan fingerprint density at radius 1 is 0.789 bits per heavy atom. The summed E-state index contributed by atoms with van der Waals surface area (Å²) in [6.45, 7) is 1.65. The van der Waals surface area contributed by atoms with Crippen molar-refractivity contribution in [1.82, 2.24) is 0 Å². The van der Waals surface area contributed by atoms with Gasteiger partial charge in [-0.15, -0.1) is 0 Å². The van der Waals surface area contributed by atoms with Gasteiger partial charge in [0.2, 0.25) is 0 Å². The van der Waals surface area contributed by atoms with Gasteiger partial charge < -0.3 is 0 Å². The third kappa shape index (κ3) is 3.56. The fourth-order valence-corrected chi connectivity index (χ4v) is 1.05. The number of hydrogen-bond donors (Lipinski definition) is 0. The second-order valence-electron chi connectivity index (χ2n) is 3.81. The van der Waals surface area contributed by atoms with E-state index in [2.05, 4.69) is 0 Å². The van der Waals surface area contributed by atoms with E-state index in [1.54, 1.807) is 6.92 Å². The van der Waals surface area contributed by atoms with Crippen molar-refractivity contribution in [2.45, 2.75) is 50.1 Å². The van der Waals surface area contributed by atoms with Crippen molar-refractivity contribution in [3.63, 3.8) is 0 Å². The van der Waals surface area contributed by atoms with Crippen molar-refractivity contribution < 1.29 is 39.5 Å². The lowest BCUT2D eigenvalue weighted by molar-refractivity contribution is -0.388. The van der Waals surface area contributed by atoms with Gasteiger partial charge in [0.15, 0.2) is 0 Å². The van der Waals surface area contributed by atoms with Crippen LogP contribution >= 0.6 is 0 Å². The number of allylic oxidation sites excluding steroid dienone is 2. The largest absolute Gasteiger partial charge is 0.460 e. The third-order valence-electron chi connectivity index (χ3n) is 2.22. The minimum atomic E-state index is -6.82. The first-order chi connectivity index (χ1) is 8.31. The second kappa shape index (κ2) is 5.62. The van der Waals surface area contributed by atoms with Crippen LogP contribution in [0.1, 0.15) is 26.2 Å². The van der Waals surface area contributed by atoms with Gasteiger partial charge in [-0.2, -0.15) is 39.5 Å². The van der Waals surface area contributed by atoms with Crippen LogP contribution in [0.2, 0.25) is 0 Å². The zero-order valence-electron chi connectivity index (χ0n) is 9.68. The molecule has 0 amide bonds. The Morgan fingerprint density at radius 3 is 1.63 bits per heavy atom. The fraction of sp³-hybridized carbons (Fsp3) is 0.800. The maximum atomic E-state index is 12.8. The summed E-state index contributed by atoms with van der Waals surface area (Å²) in [4.78, 5) is 0. The standard InChI is InChI=1S/C10H11F9/c1-2-3-4-5-6-7(11,12)8(13,14)9(15,16)10(17,18)19/h5-6H,2-4H2,1H3/b6-5+. The summed E-state index contributed by atoms with van der Waals surface area (Å²) in [6, 6.07) is 0. The summed E-state index contributed by atoms with van der Waals surface area (Å²) in [6.07, 6.45) is -6.21. The van der Waals surface area contributed by atoms with Gasteiger partial charge in [0, 0.05) is 0 Å². The van der Waals surface area contributed by atoms with Crippen LogP contribution in [-0.2, 0) is 0 Å². The van der Waals surface area contributed by atoms with Crippen molar-refractivity contribution in [3.05, 3.63) is 12.2 Å². The average Bonchev–Trinajstić information content (AvgIpc) is 2.22. The summed E-state index contributed by atoms with van der Waals surface area (Å²) in [5.74, 6) is -19.0. The SMILES string of the molecule is CCCC/C=C/C(F)(F)C(F)(F)C(F)(F)C(F)(F)F. The van der Waals surface area contributed by atoms with Gasteiger partial charge in [-0.3, -0.25) is 0 Å². The molecule has 0 aliphatic carbocycles. The maximum absolute atomic E-state index is 12.8. The zero-order chi connectivity index (χ0) is 15.5. The molecule has 0 aliphatic heterocycles. The minimum absolute atomic E-state index is 0.125. The predicted octanol–water partition coefficient (Wildman–Crippen LogP) is 5.20. The molecule has 0 spiro atoms. The third-order valence-corrected chi connectivity index (χ3v) is 2.22. The number of alkyl halides is 9. The molecule has 0 heterocycles. The predicted molar refractivity (Wildman–Crippen MR) is 49.6 cm³/mol. The highest BCUT2D eigenvalue weighted by molar-refractivity contribution is 5.09. The van der Waals surface area contributed by atoms with E-state index in [0.29, 0.717) is 18.9 Å². The number of halogens is 9. The quantitative estimate of drug-likeness (QED) is 0.359. The van der Waals surface area contributed by atoms with Gasteiger partial charge in [-0.05, 0) is 12.5 Å². The van der Waals surface area contributed by atoms with Crippen LogP contribution in [0.25, 0.3) is 0 Å². The molecule has 0 radical (unpaired) electrons. The van der Waals surface area contributed by atoms with Crippen LogP contribution in [0.3, 0.4) is 0 Å². The monoisotopic (exact) mass is 302 g/mol. The lowest BCUT2D eigenvalue weighted by atomic mass is 10.0. The van der Waals surface area contributed by atoms with Crippen LogP contribution in [0.4, 0.5) is 39.5 Å². The van der Waals surface area contributed by atoms with Crippen LogP contribution in [0, 0.1) is 0 Å². The first kappa shape index (κ1) is 18.1. The summed E-state index contributed by atoms with van der Waals surface area (Å²) < 4.78 is 111. The molecule has 0 aromatic carbocycles. The van der Waals surface area contributed by atoms with Crippen LogP contribution in [-0.4, -0.2) is 23.9 Å².